The van der Waals surface area contributed by atoms with E-state index in [1.54, 1.807) is 18.2 Å². The Morgan fingerprint density at radius 1 is 1.10 bits per heavy atom. The van der Waals surface area contributed by atoms with Crippen LogP contribution < -0.4 is 4.74 Å². The smallest absolute Gasteiger partial charge is 0.121 e. The van der Waals surface area contributed by atoms with Crippen molar-refractivity contribution >= 4 is 0 Å². The third-order valence-electron chi connectivity index (χ3n) is 2.83. The fourth-order valence-corrected chi connectivity index (χ4v) is 1.80. The Bertz CT molecular complexity index is 705. The molecule has 104 valence electrons. The molecule has 0 bridgehead atoms. The van der Waals surface area contributed by atoms with Gasteiger partial charge in [0.15, 0.2) is 0 Å². The molecule has 0 aliphatic heterocycles. The number of benzene rings is 2. The van der Waals surface area contributed by atoms with Gasteiger partial charge in [-0.1, -0.05) is 36.1 Å². The second-order valence-electron chi connectivity index (χ2n) is 4.36. The van der Waals surface area contributed by atoms with E-state index in [1.807, 2.05) is 30.3 Å². The van der Waals surface area contributed by atoms with Gasteiger partial charge in [0.05, 0.1) is 18.2 Å². The highest BCUT2D eigenvalue weighted by molar-refractivity contribution is 5.41. The molecule has 0 aromatic heterocycles. The van der Waals surface area contributed by atoms with Crippen LogP contribution in [0.2, 0.25) is 0 Å². The van der Waals surface area contributed by atoms with E-state index in [9.17, 15) is 0 Å². The minimum Gasteiger partial charge on any atom is -0.489 e. The first kappa shape index (κ1) is 14.7. The van der Waals surface area contributed by atoms with Gasteiger partial charge in [-0.3, -0.25) is 0 Å². The molecule has 0 saturated carbocycles. The SMILES string of the molecule is N#Cc1cccc(OCc2ccccc2C#CCCO)c1. The molecular weight excluding hydrogens is 262 g/mol. The maximum atomic E-state index is 8.87. The largest absolute Gasteiger partial charge is 0.489 e. The van der Waals surface area contributed by atoms with Gasteiger partial charge in [0.1, 0.15) is 12.4 Å². The molecule has 0 aliphatic rings. The molecule has 0 saturated heterocycles. The summed E-state index contributed by atoms with van der Waals surface area (Å²) in [6.45, 7) is 0.450. The molecule has 2 aromatic carbocycles. The van der Waals surface area contributed by atoms with Crippen LogP contribution in [0.15, 0.2) is 48.5 Å². The highest BCUT2D eigenvalue weighted by atomic mass is 16.5. The summed E-state index contributed by atoms with van der Waals surface area (Å²) in [5, 5.41) is 17.6. The molecule has 1 N–H and O–H groups in total. The Morgan fingerprint density at radius 3 is 2.76 bits per heavy atom. The topological polar surface area (TPSA) is 53.2 Å². The highest BCUT2D eigenvalue weighted by Gasteiger charge is 2.01. The second-order valence-corrected chi connectivity index (χ2v) is 4.36. The Hall–Kier alpha value is -2.75. The summed E-state index contributed by atoms with van der Waals surface area (Å²) in [6.07, 6.45) is 0.458. The lowest BCUT2D eigenvalue weighted by Crippen LogP contribution is -1.98. The van der Waals surface area contributed by atoms with Gasteiger partial charge in [0.25, 0.3) is 0 Å². The fraction of sp³-hybridized carbons (Fsp3) is 0.167. The zero-order chi connectivity index (χ0) is 14.9. The molecule has 0 amide bonds. The Labute approximate surface area is 124 Å². The third-order valence-corrected chi connectivity index (χ3v) is 2.83. The maximum absolute atomic E-state index is 8.87. The predicted octanol–water partition coefficient (Wildman–Crippen LogP) is 2.87. The molecule has 2 aromatic rings. The van der Waals surface area contributed by atoms with Crippen LogP contribution in [-0.4, -0.2) is 11.7 Å². The molecule has 3 nitrogen and oxygen atoms in total. The number of hydrogen-bond donors (Lipinski definition) is 1. The molecule has 3 heteroatoms. The van der Waals surface area contributed by atoms with Crippen molar-refractivity contribution in [3.63, 3.8) is 0 Å². The van der Waals surface area contributed by atoms with Crippen molar-refractivity contribution < 1.29 is 9.84 Å². The molecule has 2 rings (SSSR count). The van der Waals surface area contributed by atoms with Gasteiger partial charge in [0, 0.05) is 17.5 Å². The van der Waals surface area contributed by atoms with Gasteiger partial charge in [-0.15, -0.1) is 0 Å². The minimum absolute atomic E-state index is 0.0621. The summed E-state index contributed by atoms with van der Waals surface area (Å²) in [5.74, 6) is 6.60. The normalized spacial score (nSPS) is 9.33. The second kappa shape index (κ2) is 7.75. The summed E-state index contributed by atoms with van der Waals surface area (Å²) in [7, 11) is 0. The monoisotopic (exact) mass is 277 g/mol. The quantitative estimate of drug-likeness (QED) is 0.874. The van der Waals surface area contributed by atoms with Crippen LogP contribution in [0.5, 0.6) is 5.75 Å². The van der Waals surface area contributed by atoms with Crippen molar-refractivity contribution in [1.82, 2.24) is 0 Å². The van der Waals surface area contributed by atoms with E-state index in [-0.39, 0.29) is 6.61 Å². The molecule has 0 atom stereocenters. The van der Waals surface area contributed by atoms with E-state index < -0.39 is 0 Å². The molecule has 0 unspecified atom stereocenters. The Kier molecular flexibility index (Phi) is 5.41. The van der Waals surface area contributed by atoms with E-state index in [0.717, 1.165) is 11.1 Å². The number of ether oxygens (including phenoxy) is 1. The molecule has 0 spiro atoms. The molecule has 0 aliphatic carbocycles. The lowest BCUT2D eigenvalue weighted by atomic mass is 10.1. The lowest BCUT2D eigenvalue weighted by molar-refractivity contribution is 0.305. The van der Waals surface area contributed by atoms with Crippen molar-refractivity contribution in [1.29, 1.82) is 5.26 Å². The molecular formula is C18H15NO2. The van der Waals surface area contributed by atoms with Crippen LogP contribution in [0.4, 0.5) is 0 Å². The van der Waals surface area contributed by atoms with Gasteiger partial charge in [-0.25, -0.2) is 0 Å². The summed E-state index contributed by atoms with van der Waals surface area (Å²) in [6, 6.07) is 16.9. The van der Waals surface area contributed by atoms with Crippen LogP contribution >= 0.6 is 0 Å². The van der Waals surface area contributed by atoms with Crippen LogP contribution in [0, 0.1) is 23.2 Å². The minimum atomic E-state index is 0.0621. The Morgan fingerprint density at radius 2 is 1.95 bits per heavy atom. The average Bonchev–Trinajstić information content (AvgIpc) is 2.54. The third kappa shape index (κ3) is 4.38. The summed E-state index contributed by atoms with van der Waals surface area (Å²) < 4.78 is 5.71. The molecule has 0 radical (unpaired) electrons. The zero-order valence-electron chi connectivity index (χ0n) is 11.5. The summed E-state index contributed by atoms with van der Waals surface area (Å²) in [5.41, 5.74) is 2.44. The average molecular weight is 277 g/mol. The first-order chi connectivity index (χ1) is 10.3. The fourth-order valence-electron chi connectivity index (χ4n) is 1.80. The molecule has 0 fully saturated rings. The van der Waals surface area contributed by atoms with E-state index in [4.69, 9.17) is 15.1 Å². The summed E-state index contributed by atoms with van der Waals surface area (Å²) >= 11 is 0. The van der Waals surface area contributed by atoms with Gasteiger partial charge >= 0.3 is 0 Å². The Balaban J connectivity index is 2.10. The molecule has 0 heterocycles. The first-order valence-corrected chi connectivity index (χ1v) is 6.64. The first-order valence-electron chi connectivity index (χ1n) is 6.64. The van der Waals surface area contributed by atoms with Crippen molar-refractivity contribution in [3.05, 3.63) is 65.2 Å². The number of hydrogen-bond acceptors (Lipinski definition) is 3. The van der Waals surface area contributed by atoms with Crippen LogP contribution in [0.3, 0.4) is 0 Å². The van der Waals surface area contributed by atoms with E-state index in [0.29, 0.717) is 24.3 Å². The van der Waals surface area contributed by atoms with Crippen LogP contribution in [-0.2, 0) is 6.61 Å². The van der Waals surface area contributed by atoms with Crippen LogP contribution in [0.1, 0.15) is 23.1 Å². The lowest BCUT2D eigenvalue weighted by Gasteiger charge is -2.08. The maximum Gasteiger partial charge on any atom is 0.121 e. The summed E-state index contributed by atoms with van der Waals surface area (Å²) in [4.78, 5) is 0. The van der Waals surface area contributed by atoms with E-state index in [2.05, 4.69) is 17.9 Å². The predicted molar refractivity (Wildman–Crippen MR) is 80.5 cm³/mol. The number of aliphatic hydroxyl groups excluding tert-OH is 1. The van der Waals surface area contributed by atoms with Gasteiger partial charge in [-0.2, -0.15) is 5.26 Å². The number of rotatable bonds is 4. The standard InChI is InChI=1S/C18H15NO2/c19-13-15-6-5-10-18(12-15)21-14-17-9-2-1-7-16(17)8-3-4-11-20/h1-2,5-7,9-10,12,20H,4,11,14H2. The van der Waals surface area contributed by atoms with Crippen molar-refractivity contribution in [2.24, 2.45) is 0 Å². The molecule has 21 heavy (non-hydrogen) atoms. The number of aliphatic hydroxyl groups is 1. The van der Waals surface area contributed by atoms with Crippen molar-refractivity contribution in [3.8, 4) is 23.7 Å². The van der Waals surface area contributed by atoms with E-state index in [1.165, 1.54) is 0 Å². The highest BCUT2D eigenvalue weighted by Crippen LogP contribution is 2.16. The van der Waals surface area contributed by atoms with Crippen molar-refractivity contribution in [2.75, 3.05) is 6.61 Å². The van der Waals surface area contributed by atoms with Gasteiger partial charge in [0.2, 0.25) is 0 Å². The van der Waals surface area contributed by atoms with Crippen LogP contribution in [0.25, 0.3) is 0 Å². The number of nitrogens with zero attached hydrogens (tertiary/aromatic N) is 1. The van der Waals surface area contributed by atoms with Gasteiger partial charge < -0.3 is 9.84 Å². The van der Waals surface area contributed by atoms with Crippen molar-refractivity contribution in [2.45, 2.75) is 13.0 Å². The van der Waals surface area contributed by atoms with Gasteiger partial charge in [-0.05, 0) is 24.3 Å². The van der Waals surface area contributed by atoms with E-state index >= 15 is 0 Å². The number of nitriles is 1. The zero-order valence-corrected chi connectivity index (χ0v) is 11.5.